The second-order valence-electron chi connectivity index (χ2n) is 2.82. The first-order chi connectivity index (χ1) is 7.54. The van der Waals surface area contributed by atoms with Crippen LogP contribution in [0.2, 0.25) is 0 Å². The van der Waals surface area contributed by atoms with Crippen molar-refractivity contribution < 1.29 is 49.6 Å². The van der Waals surface area contributed by atoms with Crippen LogP contribution in [0.3, 0.4) is 0 Å². The predicted molar refractivity (Wildman–Crippen MR) is 62.6 cm³/mol. The van der Waals surface area contributed by atoms with Gasteiger partial charge in [0, 0.05) is 0 Å². The molecule has 0 radical (unpaired) electrons. The average molecular weight is 312 g/mol. The van der Waals surface area contributed by atoms with Crippen LogP contribution >= 0.6 is 17.7 Å². The number of Topliss-reactive ketones (excluding diaryl/α,β-unsaturated/α-hetero) is 1. The molecule has 0 aromatic rings. The molecule has 0 saturated carbocycles. The van der Waals surface area contributed by atoms with Crippen LogP contribution in [0.1, 0.15) is 0 Å². The minimum Gasteiger partial charge on any atom is -0.394 e. The van der Waals surface area contributed by atoms with E-state index >= 15 is 0 Å². The second kappa shape index (κ2) is 10.9. The highest BCUT2D eigenvalue weighted by Crippen LogP contribution is 2.25. The minimum atomic E-state index is -4.64. The van der Waals surface area contributed by atoms with E-state index in [1.54, 1.807) is 0 Å². The maximum absolute atomic E-state index is 10.5. The van der Waals surface area contributed by atoms with Crippen molar-refractivity contribution >= 4 is 23.5 Å². The van der Waals surface area contributed by atoms with E-state index in [1.807, 2.05) is 0 Å². The lowest BCUT2D eigenvalue weighted by molar-refractivity contribution is -0.142. The third-order valence-corrected chi connectivity index (χ3v) is 1.39. The summed E-state index contributed by atoms with van der Waals surface area (Å²) in [5.41, 5.74) is 0. The van der Waals surface area contributed by atoms with E-state index in [1.165, 1.54) is 0 Å². The van der Waals surface area contributed by atoms with Crippen LogP contribution in [0, 0.1) is 0 Å². The number of ketones is 1. The minimum absolute atomic E-state index is 0. The molecule has 0 aromatic heterocycles. The molecular weight excluding hydrogens is 294 g/mol. The van der Waals surface area contributed by atoms with Gasteiger partial charge in [0.25, 0.3) is 0 Å². The van der Waals surface area contributed by atoms with Gasteiger partial charge < -0.3 is 40.2 Å². The van der Waals surface area contributed by atoms with Crippen LogP contribution in [0.25, 0.3) is 0 Å². The average Bonchev–Trinajstić information content (AvgIpc) is 2.22. The van der Waals surface area contributed by atoms with Gasteiger partial charge in [-0.05, 0) is 0 Å². The fourth-order valence-corrected chi connectivity index (χ4v) is 0.602. The maximum atomic E-state index is 10.5. The Kier molecular flexibility index (Phi) is 14.0. The van der Waals surface area contributed by atoms with Gasteiger partial charge in [-0.2, -0.15) is 9.90 Å². The Morgan fingerprint density at radius 3 is 1.61 bits per heavy atom. The second-order valence-corrected chi connectivity index (χ2v) is 3.85. The van der Waals surface area contributed by atoms with Crippen molar-refractivity contribution in [1.29, 1.82) is 0 Å². The molecule has 0 fully saturated rings. The molecule has 0 aromatic carbocycles. The van der Waals surface area contributed by atoms with Crippen LogP contribution in [-0.4, -0.2) is 77.5 Å². The fourth-order valence-electron chi connectivity index (χ4n) is 0.602. The number of hydrogen-bond donors (Lipinski definition) is 8. The normalized spacial score (nSPS) is 15.6. The highest BCUT2D eigenvalue weighted by atomic mass is 31.2. The third kappa shape index (κ3) is 14.1. The largest absolute Gasteiger partial charge is 0.466 e. The number of hydrogen-bond acceptors (Lipinski definition) is 7. The molecule has 10 nitrogen and oxygen atoms in total. The quantitative estimate of drug-likeness (QED) is 0.230. The highest BCUT2D eigenvalue weighted by Gasteiger charge is 2.28. The van der Waals surface area contributed by atoms with Crippen molar-refractivity contribution in [2.75, 3.05) is 13.2 Å². The lowest BCUT2D eigenvalue weighted by Crippen LogP contribution is -2.44. The zero-order valence-electron chi connectivity index (χ0n) is 9.19. The van der Waals surface area contributed by atoms with Gasteiger partial charge in [-0.25, -0.2) is 4.57 Å². The molecule has 0 saturated heterocycles. The fraction of sp³-hybridized carbons (Fsp3) is 0.833. The summed E-state index contributed by atoms with van der Waals surface area (Å²) < 4.78 is 8.88. The van der Waals surface area contributed by atoms with Crippen LogP contribution < -0.4 is 0 Å². The molecule has 12 heteroatoms. The molecule has 0 spiro atoms. The molecule has 0 aliphatic rings. The summed E-state index contributed by atoms with van der Waals surface area (Å²) in [5, 5.41) is 43.1. The molecule has 0 amide bonds. The first-order valence-corrected chi connectivity index (χ1v) is 5.68. The molecular formula is C6H18O10P2. The number of carbonyl (C=O) groups is 1. The van der Waals surface area contributed by atoms with Gasteiger partial charge in [-0.3, -0.25) is 4.79 Å². The summed E-state index contributed by atoms with van der Waals surface area (Å²) in [7, 11) is -4.64. The maximum Gasteiger partial charge on any atom is 0.466 e. The lowest BCUT2D eigenvalue weighted by Gasteiger charge is -2.19. The zero-order valence-corrected chi connectivity index (χ0v) is 11.5. The molecule has 0 aliphatic carbocycles. The van der Waals surface area contributed by atoms with E-state index in [9.17, 15) is 4.79 Å². The molecule has 0 heterocycles. The van der Waals surface area contributed by atoms with E-state index in [4.69, 9.17) is 44.8 Å². The van der Waals surface area contributed by atoms with Crippen LogP contribution in [0.4, 0.5) is 0 Å². The Labute approximate surface area is 105 Å². The SMILES string of the molecule is O=C(CO)C(O)C(O)C(O)CO.O=P(O)(O)O.P. The topological polar surface area (TPSA) is 196 Å². The summed E-state index contributed by atoms with van der Waals surface area (Å²) in [6.45, 7) is -1.69. The van der Waals surface area contributed by atoms with E-state index in [2.05, 4.69) is 0 Å². The number of aliphatic hydroxyl groups excluding tert-OH is 5. The molecule has 4 atom stereocenters. The Balaban J connectivity index is -0.000000321. The standard InChI is InChI=1S/C6H12O6.H3O4P.H3P/c7-1-3(9)5(11)6(12)4(10)2-8;1-5(2,3)4;/h3,5-9,11-12H,1-2H2;(H3,1,2,3,4);1H3. The van der Waals surface area contributed by atoms with Crippen molar-refractivity contribution in [3.8, 4) is 0 Å². The van der Waals surface area contributed by atoms with Crippen molar-refractivity contribution in [3.63, 3.8) is 0 Å². The molecule has 0 rings (SSSR count). The monoisotopic (exact) mass is 312 g/mol. The van der Waals surface area contributed by atoms with Gasteiger partial charge in [0.2, 0.25) is 0 Å². The van der Waals surface area contributed by atoms with Crippen LogP contribution in [-0.2, 0) is 9.36 Å². The van der Waals surface area contributed by atoms with E-state index in [-0.39, 0.29) is 9.90 Å². The van der Waals surface area contributed by atoms with Gasteiger partial charge in [0.05, 0.1) is 6.61 Å². The summed E-state index contributed by atoms with van der Waals surface area (Å²) in [5.74, 6) is -1.00. The Bertz CT molecular complexity index is 257. The summed E-state index contributed by atoms with van der Waals surface area (Å²) in [6, 6.07) is 0. The Hall–Kier alpha value is 0.0100. The predicted octanol–water partition coefficient (Wildman–Crippen LogP) is -4.25. The number of rotatable bonds is 5. The smallest absolute Gasteiger partial charge is 0.394 e. The van der Waals surface area contributed by atoms with E-state index < -0.39 is 45.1 Å². The van der Waals surface area contributed by atoms with Gasteiger partial charge >= 0.3 is 7.82 Å². The van der Waals surface area contributed by atoms with Crippen LogP contribution in [0.5, 0.6) is 0 Å². The van der Waals surface area contributed by atoms with E-state index in [0.717, 1.165) is 0 Å². The van der Waals surface area contributed by atoms with Crippen molar-refractivity contribution in [3.05, 3.63) is 0 Å². The Morgan fingerprint density at radius 2 is 1.39 bits per heavy atom. The molecule has 4 unspecified atom stereocenters. The molecule has 0 aliphatic heterocycles. The summed E-state index contributed by atoms with van der Waals surface area (Å²) in [6.07, 6.45) is -5.22. The first kappa shape index (κ1) is 23.1. The van der Waals surface area contributed by atoms with Crippen molar-refractivity contribution in [2.45, 2.75) is 18.3 Å². The summed E-state index contributed by atoms with van der Waals surface area (Å²) in [4.78, 5) is 32.1. The number of carbonyl (C=O) groups excluding carboxylic acids is 1. The van der Waals surface area contributed by atoms with Crippen molar-refractivity contribution in [2.24, 2.45) is 0 Å². The van der Waals surface area contributed by atoms with E-state index in [0.29, 0.717) is 0 Å². The van der Waals surface area contributed by atoms with Crippen molar-refractivity contribution in [1.82, 2.24) is 0 Å². The Morgan fingerprint density at radius 1 is 1.06 bits per heavy atom. The summed E-state index contributed by atoms with van der Waals surface area (Å²) >= 11 is 0. The van der Waals surface area contributed by atoms with Gasteiger partial charge in [-0.1, -0.05) is 0 Å². The number of aliphatic hydroxyl groups is 5. The molecule has 8 N–H and O–H groups in total. The van der Waals surface area contributed by atoms with Gasteiger partial charge in [-0.15, -0.1) is 0 Å². The zero-order chi connectivity index (χ0) is 14.2. The number of phosphoric acid groups is 1. The van der Waals surface area contributed by atoms with Gasteiger partial charge in [0.15, 0.2) is 5.78 Å². The lowest BCUT2D eigenvalue weighted by atomic mass is 10.1. The van der Waals surface area contributed by atoms with Gasteiger partial charge in [0.1, 0.15) is 24.9 Å². The highest BCUT2D eigenvalue weighted by molar-refractivity contribution is 7.45. The molecule has 18 heavy (non-hydrogen) atoms. The third-order valence-electron chi connectivity index (χ3n) is 1.39. The van der Waals surface area contributed by atoms with Crippen LogP contribution in [0.15, 0.2) is 0 Å². The molecule has 0 bridgehead atoms. The molecule has 112 valence electrons. The first-order valence-electron chi connectivity index (χ1n) is 4.11.